The second-order valence-corrected chi connectivity index (χ2v) is 1.95. The predicted molar refractivity (Wildman–Crippen MR) is 30.8 cm³/mol. The van der Waals surface area contributed by atoms with E-state index in [4.69, 9.17) is 0 Å². The van der Waals surface area contributed by atoms with E-state index in [1.165, 1.54) is 0 Å². The summed E-state index contributed by atoms with van der Waals surface area (Å²) in [5, 5.41) is 0. The minimum Gasteiger partial charge on any atom is -0.253 e. The largest absolute Gasteiger partial charge is 0.253 e. The molecular formula is C5H3BrN. The van der Waals surface area contributed by atoms with Crippen LogP contribution in [0.3, 0.4) is 0 Å². The van der Waals surface area contributed by atoms with E-state index in [1.807, 2.05) is 12.1 Å². The molecule has 1 aromatic heterocycles. The van der Waals surface area contributed by atoms with Crippen molar-refractivity contribution < 1.29 is 0 Å². The molecule has 0 bridgehead atoms. The Kier molecular flexibility index (Phi) is 1.42. The lowest BCUT2D eigenvalue weighted by Crippen LogP contribution is -1.65. The van der Waals surface area contributed by atoms with E-state index in [0.29, 0.717) is 0 Å². The fourth-order valence-electron chi connectivity index (χ4n) is 0.307. The number of pyridine rings is 1. The van der Waals surface area contributed by atoms with Gasteiger partial charge in [-0.15, -0.1) is 0 Å². The molecule has 0 N–H and O–H groups in total. The van der Waals surface area contributed by atoms with E-state index < -0.39 is 0 Å². The summed E-state index contributed by atoms with van der Waals surface area (Å²) in [7, 11) is 0. The molecule has 0 aliphatic heterocycles. The fraction of sp³-hybridized carbons (Fsp3) is 0. The third-order valence-electron chi connectivity index (χ3n) is 0.575. The third-order valence-corrected chi connectivity index (χ3v) is 1.02. The van der Waals surface area contributed by atoms with Crippen molar-refractivity contribution in [2.75, 3.05) is 0 Å². The highest BCUT2D eigenvalue weighted by atomic mass is 79.9. The van der Waals surface area contributed by atoms with Gasteiger partial charge < -0.3 is 0 Å². The SMILES string of the molecule is Brc1[c]nccc1. The zero-order chi connectivity index (χ0) is 5.11. The monoisotopic (exact) mass is 156 g/mol. The number of hydrogen-bond acceptors (Lipinski definition) is 1. The highest BCUT2D eigenvalue weighted by molar-refractivity contribution is 9.10. The van der Waals surface area contributed by atoms with Gasteiger partial charge in [-0.1, -0.05) is 0 Å². The molecule has 35 valence electrons. The van der Waals surface area contributed by atoms with Crippen LogP contribution in [0.25, 0.3) is 0 Å². The number of nitrogens with zero attached hydrogens (tertiary/aromatic N) is 1. The zero-order valence-corrected chi connectivity index (χ0v) is 5.14. The molecule has 1 nitrogen and oxygen atoms in total. The molecule has 2 heteroatoms. The second kappa shape index (κ2) is 2.07. The first-order valence-electron chi connectivity index (χ1n) is 1.88. The minimum atomic E-state index is 0.898. The van der Waals surface area contributed by atoms with Crippen LogP contribution in [-0.4, -0.2) is 4.98 Å². The van der Waals surface area contributed by atoms with Crippen molar-refractivity contribution in [1.82, 2.24) is 4.98 Å². The van der Waals surface area contributed by atoms with Crippen LogP contribution in [0.15, 0.2) is 22.8 Å². The molecular weight excluding hydrogens is 154 g/mol. The number of aromatic nitrogens is 1. The first kappa shape index (κ1) is 4.78. The Hall–Kier alpha value is -0.370. The predicted octanol–water partition coefficient (Wildman–Crippen LogP) is 1.64. The summed E-state index contributed by atoms with van der Waals surface area (Å²) >= 11 is 3.19. The van der Waals surface area contributed by atoms with Crippen molar-refractivity contribution in [3.63, 3.8) is 0 Å². The van der Waals surface area contributed by atoms with Crippen LogP contribution in [0, 0.1) is 6.20 Å². The van der Waals surface area contributed by atoms with E-state index in [-0.39, 0.29) is 0 Å². The Morgan fingerprint density at radius 3 is 2.86 bits per heavy atom. The highest BCUT2D eigenvalue weighted by Gasteiger charge is 1.77. The van der Waals surface area contributed by atoms with Crippen LogP contribution in [0.5, 0.6) is 0 Å². The van der Waals surface area contributed by atoms with Gasteiger partial charge in [0.25, 0.3) is 0 Å². The Morgan fingerprint density at radius 1 is 1.71 bits per heavy atom. The summed E-state index contributed by atoms with van der Waals surface area (Å²) in [6.45, 7) is 0. The first-order valence-corrected chi connectivity index (χ1v) is 2.67. The van der Waals surface area contributed by atoms with E-state index in [0.717, 1.165) is 4.47 Å². The van der Waals surface area contributed by atoms with E-state index in [9.17, 15) is 0 Å². The van der Waals surface area contributed by atoms with Crippen LogP contribution in [0.2, 0.25) is 0 Å². The van der Waals surface area contributed by atoms with Crippen molar-refractivity contribution in [3.8, 4) is 0 Å². The number of rotatable bonds is 0. The maximum atomic E-state index is 3.71. The van der Waals surface area contributed by atoms with Gasteiger partial charge in [-0.05, 0) is 28.1 Å². The minimum absolute atomic E-state index is 0.898. The highest BCUT2D eigenvalue weighted by Crippen LogP contribution is 2.02. The zero-order valence-electron chi connectivity index (χ0n) is 3.56. The van der Waals surface area contributed by atoms with Gasteiger partial charge in [0.1, 0.15) is 6.20 Å². The topological polar surface area (TPSA) is 12.9 Å². The lowest BCUT2D eigenvalue weighted by molar-refractivity contribution is 1.29. The van der Waals surface area contributed by atoms with Crippen molar-refractivity contribution in [3.05, 3.63) is 29.0 Å². The van der Waals surface area contributed by atoms with Crippen molar-refractivity contribution in [1.29, 1.82) is 0 Å². The van der Waals surface area contributed by atoms with Crippen LogP contribution < -0.4 is 0 Å². The molecule has 0 unspecified atom stereocenters. The Morgan fingerprint density at radius 2 is 2.57 bits per heavy atom. The molecule has 1 rings (SSSR count). The Bertz CT molecular complexity index is 138. The Balaban J connectivity index is 3.02. The lowest BCUT2D eigenvalue weighted by atomic mass is 10.5. The summed E-state index contributed by atoms with van der Waals surface area (Å²) in [6.07, 6.45) is 4.38. The molecule has 1 heterocycles. The second-order valence-electron chi connectivity index (χ2n) is 1.10. The molecule has 0 spiro atoms. The van der Waals surface area contributed by atoms with Crippen molar-refractivity contribution in [2.45, 2.75) is 0 Å². The van der Waals surface area contributed by atoms with Crippen LogP contribution in [-0.2, 0) is 0 Å². The smallest absolute Gasteiger partial charge is 0.104 e. The van der Waals surface area contributed by atoms with Gasteiger partial charge in [-0.25, -0.2) is 0 Å². The molecule has 0 aromatic carbocycles. The maximum Gasteiger partial charge on any atom is 0.104 e. The third kappa shape index (κ3) is 1.27. The van der Waals surface area contributed by atoms with Crippen molar-refractivity contribution in [2.24, 2.45) is 0 Å². The molecule has 1 aromatic rings. The van der Waals surface area contributed by atoms with E-state index in [1.54, 1.807) is 6.20 Å². The standard InChI is InChI=1S/C5H3BrN/c6-5-2-1-3-7-4-5/h1-3H. The molecule has 7 heavy (non-hydrogen) atoms. The molecule has 0 aliphatic rings. The number of halogens is 1. The average Bonchev–Trinajstić information content (AvgIpc) is 1.69. The summed E-state index contributed by atoms with van der Waals surface area (Å²) in [5.41, 5.74) is 0. The molecule has 1 radical (unpaired) electrons. The van der Waals surface area contributed by atoms with E-state index in [2.05, 4.69) is 27.1 Å². The van der Waals surface area contributed by atoms with Gasteiger partial charge in [-0.3, -0.25) is 4.98 Å². The quantitative estimate of drug-likeness (QED) is 0.557. The van der Waals surface area contributed by atoms with E-state index >= 15 is 0 Å². The average molecular weight is 157 g/mol. The van der Waals surface area contributed by atoms with Gasteiger partial charge in [0.15, 0.2) is 0 Å². The molecule has 0 aliphatic carbocycles. The lowest BCUT2D eigenvalue weighted by Gasteiger charge is -1.78. The van der Waals surface area contributed by atoms with Crippen LogP contribution in [0.4, 0.5) is 0 Å². The number of hydrogen-bond donors (Lipinski definition) is 0. The normalized spacial score (nSPS) is 8.71. The maximum absolute atomic E-state index is 3.71. The van der Waals surface area contributed by atoms with Crippen LogP contribution >= 0.6 is 15.9 Å². The van der Waals surface area contributed by atoms with Crippen molar-refractivity contribution >= 4 is 15.9 Å². The van der Waals surface area contributed by atoms with Gasteiger partial charge >= 0.3 is 0 Å². The molecule has 0 saturated heterocycles. The van der Waals surface area contributed by atoms with Gasteiger partial charge in [0, 0.05) is 10.7 Å². The van der Waals surface area contributed by atoms with Gasteiger partial charge in [0.05, 0.1) is 0 Å². The van der Waals surface area contributed by atoms with Crippen LogP contribution in [0.1, 0.15) is 0 Å². The fourth-order valence-corrected chi connectivity index (χ4v) is 0.562. The van der Waals surface area contributed by atoms with Gasteiger partial charge in [-0.2, -0.15) is 0 Å². The molecule has 0 atom stereocenters. The summed E-state index contributed by atoms with van der Waals surface area (Å²) in [4.78, 5) is 3.71. The Labute approximate surface area is 50.5 Å². The molecule has 0 saturated carbocycles. The summed E-state index contributed by atoms with van der Waals surface area (Å²) < 4.78 is 0.898. The molecule has 0 amide bonds. The summed E-state index contributed by atoms with van der Waals surface area (Å²) in [6, 6.07) is 3.73. The first-order chi connectivity index (χ1) is 3.39. The molecule has 0 fully saturated rings. The van der Waals surface area contributed by atoms with Gasteiger partial charge in [0.2, 0.25) is 0 Å². The summed E-state index contributed by atoms with van der Waals surface area (Å²) in [5.74, 6) is 0.